The molecular formula is C15H23FN2. The Balaban J connectivity index is 1.87. The number of anilines is 1. The summed E-state index contributed by atoms with van der Waals surface area (Å²) in [6.07, 6.45) is 2.44. The van der Waals surface area contributed by atoms with Gasteiger partial charge in [-0.25, -0.2) is 4.39 Å². The van der Waals surface area contributed by atoms with Crippen molar-refractivity contribution in [2.24, 2.45) is 5.92 Å². The van der Waals surface area contributed by atoms with Gasteiger partial charge in [0.15, 0.2) is 0 Å². The second kappa shape index (κ2) is 6.19. The van der Waals surface area contributed by atoms with Crippen LogP contribution in [-0.4, -0.2) is 30.6 Å². The van der Waals surface area contributed by atoms with Crippen LogP contribution in [-0.2, 0) is 0 Å². The summed E-state index contributed by atoms with van der Waals surface area (Å²) in [6, 6.07) is 7.14. The highest BCUT2D eigenvalue weighted by atomic mass is 19.1. The molecule has 0 saturated carbocycles. The summed E-state index contributed by atoms with van der Waals surface area (Å²) in [4.78, 5) is 2.52. The molecule has 2 rings (SSSR count). The maximum atomic E-state index is 12.8. The van der Waals surface area contributed by atoms with Gasteiger partial charge >= 0.3 is 0 Å². The molecule has 0 radical (unpaired) electrons. The van der Waals surface area contributed by atoms with Crippen LogP contribution in [0.3, 0.4) is 0 Å². The number of hydrogen-bond acceptors (Lipinski definition) is 2. The number of hydrogen-bond donors (Lipinski definition) is 1. The van der Waals surface area contributed by atoms with Crippen LogP contribution in [0.2, 0.25) is 0 Å². The zero-order chi connectivity index (χ0) is 13.0. The van der Waals surface area contributed by atoms with Crippen molar-refractivity contribution < 1.29 is 4.39 Å². The Morgan fingerprint density at radius 1 is 1.33 bits per heavy atom. The molecular weight excluding hydrogens is 227 g/mol. The molecule has 1 aromatic carbocycles. The van der Waals surface area contributed by atoms with Crippen LogP contribution < -0.4 is 5.32 Å². The number of nitrogens with one attached hydrogen (secondary N) is 1. The topological polar surface area (TPSA) is 15.3 Å². The minimum Gasteiger partial charge on any atom is -0.381 e. The zero-order valence-electron chi connectivity index (χ0n) is 11.3. The normalized spacial score (nSPS) is 21.2. The molecule has 1 aromatic rings. The molecule has 0 aliphatic carbocycles. The second-order valence-electron chi connectivity index (χ2n) is 5.64. The highest BCUT2D eigenvalue weighted by Crippen LogP contribution is 2.17. The largest absolute Gasteiger partial charge is 0.381 e. The fourth-order valence-corrected chi connectivity index (χ4v) is 2.64. The van der Waals surface area contributed by atoms with Gasteiger partial charge in [0, 0.05) is 24.8 Å². The average Bonchev–Trinajstić information content (AvgIpc) is 2.32. The molecule has 1 saturated heterocycles. The van der Waals surface area contributed by atoms with Crippen LogP contribution >= 0.6 is 0 Å². The van der Waals surface area contributed by atoms with Crippen LogP contribution in [0, 0.1) is 11.7 Å². The van der Waals surface area contributed by atoms with Gasteiger partial charge in [-0.3, -0.25) is 0 Å². The summed E-state index contributed by atoms with van der Waals surface area (Å²) in [7, 11) is 0. The van der Waals surface area contributed by atoms with E-state index in [-0.39, 0.29) is 5.82 Å². The third-order valence-corrected chi connectivity index (χ3v) is 3.34. The van der Waals surface area contributed by atoms with E-state index in [1.807, 2.05) is 12.1 Å². The molecule has 0 spiro atoms. The molecule has 2 nitrogen and oxygen atoms in total. The van der Waals surface area contributed by atoms with E-state index >= 15 is 0 Å². The van der Waals surface area contributed by atoms with Gasteiger partial charge in [0.1, 0.15) is 5.82 Å². The number of nitrogens with zero attached hydrogens (tertiary/aromatic N) is 1. The molecule has 100 valence electrons. The summed E-state index contributed by atoms with van der Waals surface area (Å²) in [6.45, 7) is 7.99. The van der Waals surface area contributed by atoms with Crippen molar-refractivity contribution in [2.45, 2.75) is 32.7 Å². The molecule has 1 aliphatic heterocycles. The number of likely N-dealkylation sites (tertiary alicyclic amines) is 1. The molecule has 0 unspecified atom stereocenters. The first kappa shape index (κ1) is 13.3. The zero-order valence-corrected chi connectivity index (χ0v) is 11.3. The molecule has 1 aliphatic rings. The van der Waals surface area contributed by atoms with Gasteiger partial charge in [0.25, 0.3) is 0 Å². The third kappa shape index (κ3) is 3.98. The second-order valence-corrected chi connectivity index (χ2v) is 5.64. The van der Waals surface area contributed by atoms with Crippen molar-refractivity contribution in [3.05, 3.63) is 30.1 Å². The predicted octanol–water partition coefficient (Wildman–Crippen LogP) is 3.36. The first-order valence-corrected chi connectivity index (χ1v) is 6.88. The van der Waals surface area contributed by atoms with E-state index in [1.54, 1.807) is 0 Å². The molecule has 3 heteroatoms. The highest BCUT2D eigenvalue weighted by molar-refractivity contribution is 5.43. The quantitative estimate of drug-likeness (QED) is 0.881. The molecule has 0 amide bonds. The van der Waals surface area contributed by atoms with Gasteiger partial charge in [0.2, 0.25) is 0 Å². The maximum Gasteiger partial charge on any atom is 0.123 e. The molecule has 18 heavy (non-hydrogen) atoms. The molecule has 0 bridgehead atoms. The van der Waals surface area contributed by atoms with Crippen molar-refractivity contribution >= 4 is 5.69 Å². The van der Waals surface area contributed by atoms with E-state index in [0.717, 1.165) is 18.2 Å². The summed E-state index contributed by atoms with van der Waals surface area (Å²) in [5.41, 5.74) is 1.02. The van der Waals surface area contributed by atoms with Crippen molar-refractivity contribution in [3.8, 4) is 0 Å². The fraction of sp³-hybridized carbons (Fsp3) is 0.600. The lowest BCUT2D eigenvalue weighted by atomic mass is 10.0. The minimum atomic E-state index is -0.175. The summed E-state index contributed by atoms with van der Waals surface area (Å²) >= 11 is 0. The SMILES string of the molecule is CC(C)CN1CCC[C@@H](Nc2ccc(F)cc2)C1. The van der Waals surface area contributed by atoms with Crippen LogP contribution in [0.15, 0.2) is 24.3 Å². The highest BCUT2D eigenvalue weighted by Gasteiger charge is 2.19. The van der Waals surface area contributed by atoms with Crippen molar-refractivity contribution in [1.29, 1.82) is 0 Å². The van der Waals surface area contributed by atoms with Crippen LogP contribution in [0.5, 0.6) is 0 Å². The third-order valence-electron chi connectivity index (χ3n) is 3.34. The lowest BCUT2D eigenvalue weighted by molar-refractivity contribution is 0.195. The Morgan fingerprint density at radius 2 is 2.06 bits per heavy atom. The summed E-state index contributed by atoms with van der Waals surface area (Å²) in [5.74, 6) is 0.542. The summed E-state index contributed by atoms with van der Waals surface area (Å²) < 4.78 is 12.8. The predicted molar refractivity (Wildman–Crippen MR) is 74.3 cm³/mol. The van der Waals surface area contributed by atoms with Crippen molar-refractivity contribution in [2.75, 3.05) is 25.0 Å². The van der Waals surface area contributed by atoms with Crippen molar-refractivity contribution in [3.63, 3.8) is 0 Å². The molecule has 1 atom stereocenters. The number of benzene rings is 1. The van der Waals surface area contributed by atoms with E-state index in [9.17, 15) is 4.39 Å². The van der Waals surface area contributed by atoms with E-state index in [4.69, 9.17) is 0 Å². The van der Waals surface area contributed by atoms with Gasteiger partial charge in [-0.15, -0.1) is 0 Å². The van der Waals surface area contributed by atoms with Gasteiger partial charge in [-0.05, 0) is 49.6 Å². The fourth-order valence-electron chi connectivity index (χ4n) is 2.64. The van der Waals surface area contributed by atoms with Gasteiger partial charge in [-0.2, -0.15) is 0 Å². The summed E-state index contributed by atoms with van der Waals surface area (Å²) in [5, 5.41) is 3.50. The van der Waals surface area contributed by atoms with E-state index in [2.05, 4.69) is 24.1 Å². The number of piperidine rings is 1. The number of rotatable bonds is 4. The van der Waals surface area contributed by atoms with E-state index in [0.29, 0.717) is 6.04 Å². The molecule has 1 N–H and O–H groups in total. The standard InChI is InChI=1S/C15H23FN2/c1-12(2)10-18-9-3-4-15(11-18)17-14-7-5-13(16)6-8-14/h5-8,12,15,17H,3-4,9-11H2,1-2H3/t15-/m1/s1. The van der Waals surface area contributed by atoms with Crippen molar-refractivity contribution in [1.82, 2.24) is 4.90 Å². The van der Waals surface area contributed by atoms with Gasteiger partial charge in [-0.1, -0.05) is 13.8 Å². The molecule has 1 heterocycles. The lowest BCUT2D eigenvalue weighted by Crippen LogP contribution is -2.43. The van der Waals surface area contributed by atoms with Crippen LogP contribution in [0.25, 0.3) is 0 Å². The first-order chi connectivity index (χ1) is 8.63. The number of halogens is 1. The smallest absolute Gasteiger partial charge is 0.123 e. The van der Waals surface area contributed by atoms with Crippen LogP contribution in [0.4, 0.5) is 10.1 Å². The first-order valence-electron chi connectivity index (χ1n) is 6.88. The van der Waals surface area contributed by atoms with E-state index < -0.39 is 0 Å². The molecule has 1 fully saturated rings. The lowest BCUT2D eigenvalue weighted by Gasteiger charge is -2.34. The Kier molecular flexibility index (Phi) is 4.59. The molecule has 0 aromatic heterocycles. The maximum absolute atomic E-state index is 12.8. The Labute approximate surface area is 109 Å². The Hall–Kier alpha value is -1.09. The Morgan fingerprint density at radius 3 is 2.72 bits per heavy atom. The van der Waals surface area contributed by atoms with Crippen LogP contribution in [0.1, 0.15) is 26.7 Å². The van der Waals surface area contributed by atoms with Gasteiger partial charge < -0.3 is 10.2 Å². The average molecular weight is 250 g/mol. The Bertz CT molecular complexity index is 361. The monoisotopic (exact) mass is 250 g/mol. The van der Waals surface area contributed by atoms with E-state index in [1.165, 1.54) is 38.1 Å². The van der Waals surface area contributed by atoms with Gasteiger partial charge in [0.05, 0.1) is 0 Å². The minimum absolute atomic E-state index is 0.175.